The third-order valence-corrected chi connectivity index (χ3v) is 5.60. The van der Waals surface area contributed by atoms with E-state index in [-0.39, 0.29) is 29.1 Å². The molecule has 2 heterocycles. The number of hydrogen-bond acceptors (Lipinski definition) is 4. The molecule has 1 aromatic carbocycles. The van der Waals surface area contributed by atoms with Crippen molar-refractivity contribution in [3.05, 3.63) is 44.9 Å². The van der Waals surface area contributed by atoms with E-state index in [0.717, 1.165) is 31.3 Å². The van der Waals surface area contributed by atoms with Crippen molar-refractivity contribution in [1.82, 2.24) is 14.8 Å². The second kappa shape index (κ2) is 8.83. The number of nitrogens with zero attached hydrogens (tertiary/aromatic N) is 2. The molecule has 0 unspecified atom stereocenters. The molecule has 6 nitrogen and oxygen atoms in total. The van der Waals surface area contributed by atoms with Crippen molar-refractivity contribution in [2.45, 2.75) is 51.8 Å². The highest BCUT2D eigenvalue weighted by molar-refractivity contribution is 9.10. The molecule has 0 saturated carbocycles. The number of carbonyl (C=O) groups excluding carboxylic acids is 1. The SMILES string of the molecule is CC(C)(C)NC(=O)OC1CCN(CCn2c(=O)ccc3c(Br)cc(F)cc32)CC1. The fraction of sp³-hybridized carbons (Fsp3) is 0.524. The number of piperidine rings is 1. The van der Waals surface area contributed by atoms with Crippen LogP contribution in [0.5, 0.6) is 0 Å². The Kier molecular flexibility index (Phi) is 6.63. The number of nitrogens with one attached hydrogen (secondary N) is 1. The van der Waals surface area contributed by atoms with E-state index in [4.69, 9.17) is 4.74 Å². The van der Waals surface area contributed by atoms with Crippen LogP contribution in [0.2, 0.25) is 0 Å². The first-order valence-electron chi connectivity index (χ1n) is 9.82. The summed E-state index contributed by atoms with van der Waals surface area (Å²) in [6.07, 6.45) is 1.02. The number of pyridine rings is 1. The number of amides is 1. The van der Waals surface area contributed by atoms with Crippen molar-refractivity contribution in [2.24, 2.45) is 0 Å². The van der Waals surface area contributed by atoms with Gasteiger partial charge in [-0.15, -0.1) is 0 Å². The van der Waals surface area contributed by atoms with Gasteiger partial charge in [0.25, 0.3) is 5.56 Å². The monoisotopic (exact) mass is 467 g/mol. The first-order valence-corrected chi connectivity index (χ1v) is 10.6. The number of carbonyl (C=O) groups is 1. The van der Waals surface area contributed by atoms with E-state index >= 15 is 0 Å². The largest absolute Gasteiger partial charge is 0.446 e. The second-order valence-corrected chi connectivity index (χ2v) is 9.32. The molecule has 2 aromatic rings. The number of likely N-dealkylation sites (tertiary alicyclic amines) is 1. The summed E-state index contributed by atoms with van der Waals surface area (Å²) in [6, 6.07) is 6.02. The zero-order valence-electron chi connectivity index (χ0n) is 17.0. The number of aromatic nitrogens is 1. The average molecular weight is 468 g/mol. The lowest BCUT2D eigenvalue weighted by molar-refractivity contribution is 0.0464. The molecule has 158 valence electrons. The van der Waals surface area contributed by atoms with E-state index in [0.29, 0.717) is 23.1 Å². The van der Waals surface area contributed by atoms with Gasteiger partial charge in [-0.1, -0.05) is 0 Å². The minimum absolute atomic E-state index is 0.0982. The Bertz CT molecular complexity index is 947. The van der Waals surface area contributed by atoms with Crippen molar-refractivity contribution < 1.29 is 13.9 Å². The molecule has 0 spiro atoms. The molecule has 0 radical (unpaired) electrons. The van der Waals surface area contributed by atoms with Crippen molar-refractivity contribution in [3.63, 3.8) is 0 Å². The summed E-state index contributed by atoms with van der Waals surface area (Å²) in [5.41, 5.74) is 0.117. The maximum Gasteiger partial charge on any atom is 0.407 e. The van der Waals surface area contributed by atoms with E-state index in [1.807, 2.05) is 20.8 Å². The van der Waals surface area contributed by atoms with Crippen molar-refractivity contribution in [3.8, 4) is 0 Å². The number of halogens is 2. The van der Waals surface area contributed by atoms with Crippen LogP contribution in [0.1, 0.15) is 33.6 Å². The van der Waals surface area contributed by atoms with Gasteiger partial charge in [0.1, 0.15) is 11.9 Å². The van der Waals surface area contributed by atoms with Crippen LogP contribution in [0.3, 0.4) is 0 Å². The molecule has 8 heteroatoms. The fourth-order valence-corrected chi connectivity index (χ4v) is 4.09. The Labute approximate surface area is 178 Å². The molecule has 0 atom stereocenters. The zero-order chi connectivity index (χ0) is 21.2. The standard InChI is InChI=1S/C21H27BrFN3O3/c1-21(2,3)24-20(28)29-15-6-8-25(9-7-15)10-11-26-18-13-14(23)12-17(22)16(18)4-5-19(26)27/h4-5,12-13,15H,6-11H2,1-3H3,(H,24,28). The van der Waals surface area contributed by atoms with Crippen LogP contribution < -0.4 is 10.9 Å². The number of benzene rings is 1. The van der Waals surface area contributed by atoms with Crippen molar-refractivity contribution in [1.29, 1.82) is 0 Å². The van der Waals surface area contributed by atoms with Gasteiger partial charge in [-0.25, -0.2) is 9.18 Å². The van der Waals surface area contributed by atoms with Crippen LogP contribution >= 0.6 is 15.9 Å². The molecule has 1 aliphatic heterocycles. The molecular weight excluding hydrogens is 441 g/mol. The predicted molar refractivity (Wildman–Crippen MR) is 115 cm³/mol. The number of ether oxygens (including phenoxy) is 1. The van der Waals surface area contributed by atoms with Gasteiger partial charge in [0.05, 0.1) is 5.52 Å². The summed E-state index contributed by atoms with van der Waals surface area (Å²) in [4.78, 5) is 26.5. The maximum atomic E-state index is 13.9. The minimum Gasteiger partial charge on any atom is -0.446 e. The Hall–Kier alpha value is -1.93. The number of alkyl carbamates (subject to hydrolysis) is 1. The van der Waals surface area contributed by atoms with Crippen molar-refractivity contribution >= 4 is 32.9 Å². The Balaban J connectivity index is 1.58. The molecule has 0 aliphatic carbocycles. The second-order valence-electron chi connectivity index (χ2n) is 8.46. The smallest absolute Gasteiger partial charge is 0.407 e. The summed E-state index contributed by atoms with van der Waals surface area (Å²) >= 11 is 3.37. The van der Waals surface area contributed by atoms with Crippen LogP contribution in [-0.2, 0) is 11.3 Å². The minimum atomic E-state index is -0.383. The molecule has 1 amide bonds. The number of fused-ring (bicyclic) bond motifs is 1. The third kappa shape index (κ3) is 5.79. The van der Waals surface area contributed by atoms with Gasteiger partial charge >= 0.3 is 6.09 Å². The molecule has 29 heavy (non-hydrogen) atoms. The predicted octanol–water partition coefficient (Wildman–Crippen LogP) is 3.89. The lowest BCUT2D eigenvalue weighted by atomic mass is 10.1. The third-order valence-electron chi connectivity index (χ3n) is 4.95. The highest BCUT2D eigenvalue weighted by Gasteiger charge is 2.24. The van der Waals surface area contributed by atoms with Crippen LogP contribution in [0.4, 0.5) is 9.18 Å². The quantitative estimate of drug-likeness (QED) is 0.740. The molecular formula is C21H27BrFN3O3. The molecule has 3 rings (SSSR count). The van der Waals surface area contributed by atoms with E-state index in [1.165, 1.54) is 18.2 Å². The van der Waals surface area contributed by atoms with E-state index in [2.05, 4.69) is 26.1 Å². The fourth-order valence-electron chi connectivity index (χ4n) is 3.53. The highest BCUT2D eigenvalue weighted by Crippen LogP contribution is 2.24. The van der Waals surface area contributed by atoms with Gasteiger partial charge in [0.2, 0.25) is 0 Å². The van der Waals surface area contributed by atoms with E-state index < -0.39 is 0 Å². The van der Waals surface area contributed by atoms with Crippen LogP contribution in [0.25, 0.3) is 10.9 Å². The highest BCUT2D eigenvalue weighted by atomic mass is 79.9. The summed E-state index contributed by atoms with van der Waals surface area (Å²) in [5, 5.41) is 3.62. The first-order chi connectivity index (χ1) is 13.6. The van der Waals surface area contributed by atoms with Crippen molar-refractivity contribution in [2.75, 3.05) is 19.6 Å². The van der Waals surface area contributed by atoms with Crippen LogP contribution in [0, 0.1) is 5.82 Å². The zero-order valence-corrected chi connectivity index (χ0v) is 18.6. The first kappa shape index (κ1) is 21.8. The summed E-state index contributed by atoms with van der Waals surface area (Å²) in [7, 11) is 0. The van der Waals surface area contributed by atoms with Gasteiger partial charge in [-0.2, -0.15) is 0 Å². The molecule has 0 bridgehead atoms. The van der Waals surface area contributed by atoms with Gasteiger partial charge < -0.3 is 19.5 Å². The van der Waals surface area contributed by atoms with Crippen LogP contribution in [-0.4, -0.2) is 46.8 Å². The Morgan fingerprint density at radius 3 is 2.59 bits per heavy atom. The summed E-state index contributed by atoms with van der Waals surface area (Å²) < 4.78 is 21.6. The number of hydrogen-bond donors (Lipinski definition) is 1. The Morgan fingerprint density at radius 2 is 1.93 bits per heavy atom. The Morgan fingerprint density at radius 1 is 1.24 bits per heavy atom. The molecule has 1 aliphatic rings. The van der Waals surface area contributed by atoms with E-state index in [9.17, 15) is 14.0 Å². The van der Waals surface area contributed by atoms with Gasteiger partial charge in [0, 0.05) is 47.6 Å². The topological polar surface area (TPSA) is 63.6 Å². The average Bonchev–Trinajstić information content (AvgIpc) is 2.60. The molecule has 1 aromatic heterocycles. The maximum absolute atomic E-state index is 13.9. The van der Waals surface area contributed by atoms with Crippen LogP contribution in [0.15, 0.2) is 33.5 Å². The lowest BCUT2D eigenvalue weighted by Gasteiger charge is -2.32. The lowest BCUT2D eigenvalue weighted by Crippen LogP contribution is -2.45. The van der Waals surface area contributed by atoms with E-state index in [1.54, 1.807) is 10.6 Å². The van der Waals surface area contributed by atoms with Gasteiger partial charge in [-0.3, -0.25) is 4.79 Å². The molecule has 1 N–H and O–H groups in total. The summed E-state index contributed by atoms with van der Waals surface area (Å²) in [5.74, 6) is -0.379. The normalized spacial score (nSPS) is 16.2. The summed E-state index contributed by atoms with van der Waals surface area (Å²) in [6.45, 7) is 8.45. The molecule has 1 fully saturated rings. The van der Waals surface area contributed by atoms with Gasteiger partial charge in [0.15, 0.2) is 0 Å². The van der Waals surface area contributed by atoms with Gasteiger partial charge in [-0.05, 0) is 67.7 Å². The number of rotatable bonds is 4. The molecule has 1 saturated heterocycles.